The minimum absolute atomic E-state index is 0.161. The van der Waals surface area contributed by atoms with E-state index in [0.717, 1.165) is 61.2 Å². The van der Waals surface area contributed by atoms with E-state index in [4.69, 9.17) is 25.7 Å². The molecule has 1 fully saturated rings. The van der Waals surface area contributed by atoms with Gasteiger partial charge in [0.25, 0.3) is 5.91 Å². The van der Waals surface area contributed by atoms with Crippen LogP contribution in [0, 0.1) is 6.92 Å². The lowest BCUT2D eigenvalue weighted by Gasteiger charge is -2.26. The molecule has 3 aromatic heterocycles. The number of hydrogen-bond donors (Lipinski definition) is 2. The molecule has 37 heavy (non-hydrogen) atoms. The van der Waals surface area contributed by atoms with Crippen molar-refractivity contribution in [2.24, 2.45) is 5.73 Å². The summed E-state index contributed by atoms with van der Waals surface area (Å²) in [7, 11) is 0. The molecule has 0 radical (unpaired) electrons. The average Bonchev–Trinajstić information content (AvgIpc) is 3.25. The molecule has 4 N–H and O–H groups in total. The van der Waals surface area contributed by atoms with E-state index in [2.05, 4.69) is 19.9 Å². The van der Waals surface area contributed by atoms with Crippen molar-refractivity contribution in [1.82, 2.24) is 19.9 Å². The van der Waals surface area contributed by atoms with E-state index in [1.54, 1.807) is 0 Å². The first-order chi connectivity index (χ1) is 18.0. The van der Waals surface area contributed by atoms with Crippen molar-refractivity contribution in [3.8, 4) is 23.1 Å². The number of nitrogens with two attached hydrogens (primary N) is 2. The zero-order valence-electron chi connectivity index (χ0n) is 20.5. The van der Waals surface area contributed by atoms with Crippen LogP contribution < -0.4 is 20.9 Å². The summed E-state index contributed by atoms with van der Waals surface area (Å²) in [6.07, 6.45) is 0. The normalized spacial score (nSPS) is 14.1. The maximum Gasteiger partial charge on any atom is 0.318 e. The van der Waals surface area contributed by atoms with Gasteiger partial charge < -0.3 is 25.7 Å². The highest BCUT2D eigenvalue weighted by Crippen LogP contribution is 2.38. The van der Waals surface area contributed by atoms with Crippen LogP contribution in [0.5, 0.6) is 11.8 Å². The van der Waals surface area contributed by atoms with Crippen LogP contribution in [0.2, 0.25) is 0 Å². The van der Waals surface area contributed by atoms with E-state index in [0.29, 0.717) is 28.2 Å². The molecule has 192 valence electrons. The molecule has 0 spiro atoms. The van der Waals surface area contributed by atoms with Gasteiger partial charge in [0, 0.05) is 25.3 Å². The van der Waals surface area contributed by atoms with E-state index in [1.165, 1.54) is 0 Å². The molecule has 4 aromatic rings. The van der Waals surface area contributed by atoms with Gasteiger partial charge in [-0.25, -0.2) is 0 Å². The third kappa shape index (κ3) is 5.79. The smallest absolute Gasteiger partial charge is 0.318 e. The fourth-order valence-corrected chi connectivity index (χ4v) is 5.00. The zero-order chi connectivity index (χ0) is 25.8. The second kappa shape index (κ2) is 11.1. The zero-order valence-corrected chi connectivity index (χ0v) is 21.3. The molecular weight excluding hydrogens is 492 g/mol. The van der Waals surface area contributed by atoms with E-state index < -0.39 is 5.91 Å². The lowest BCUT2D eigenvalue weighted by molar-refractivity contribution is 0.0322. The number of benzene rings is 1. The predicted molar refractivity (Wildman–Crippen MR) is 142 cm³/mol. The van der Waals surface area contributed by atoms with Gasteiger partial charge in [-0.3, -0.25) is 14.7 Å². The monoisotopic (exact) mass is 520 g/mol. The van der Waals surface area contributed by atoms with Crippen LogP contribution in [-0.4, -0.2) is 65.2 Å². The Kier molecular flexibility index (Phi) is 7.45. The molecule has 1 saturated heterocycles. The van der Waals surface area contributed by atoms with E-state index in [-0.39, 0.29) is 23.2 Å². The van der Waals surface area contributed by atoms with E-state index >= 15 is 0 Å². The highest BCUT2D eigenvalue weighted by Gasteiger charge is 2.22. The Balaban J connectivity index is 1.30. The van der Waals surface area contributed by atoms with Crippen molar-refractivity contribution in [3.05, 3.63) is 58.6 Å². The highest BCUT2D eigenvalue weighted by molar-refractivity contribution is 7.21. The first-order valence-corrected chi connectivity index (χ1v) is 12.8. The predicted octanol–water partition coefficient (Wildman–Crippen LogP) is 3.03. The molecule has 0 aliphatic carbocycles. The number of hydrogen-bond acceptors (Lipinski definition) is 10. The Labute approximate surface area is 218 Å². The first kappa shape index (κ1) is 24.9. The maximum atomic E-state index is 11.9. The summed E-state index contributed by atoms with van der Waals surface area (Å²) < 4.78 is 17.2. The number of aryl methyl sites for hydroxylation is 1. The third-order valence-corrected chi connectivity index (χ3v) is 7.11. The van der Waals surface area contributed by atoms with Gasteiger partial charge in [0.15, 0.2) is 0 Å². The Hall–Kier alpha value is -3.80. The number of ether oxygens (including phenoxy) is 3. The van der Waals surface area contributed by atoms with E-state index in [9.17, 15) is 4.79 Å². The first-order valence-electron chi connectivity index (χ1n) is 12.0. The topological polar surface area (TPSA) is 139 Å². The summed E-state index contributed by atoms with van der Waals surface area (Å²) in [4.78, 5) is 28.7. The molecule has 1 aromatic carbocycles. The number of nitrogen functional groups attached to an aromatic ring is 1. The van der Waals surface area contributed by atoms with Crippen LogP contribution in [0.3, 0.4) is 0 Å². The molecule has 1 aliphatic heterocycles. The molecule has 10 nitrogen and oxygen atoms in total. The van der Waals surface area contributed by atoms with Crippen molar-refractivity contribution in [3.63, 3.8) is 0 Å². The SMILES string of the molecule is Cc1cccc(-c2nc(OCc3ccc(OCCN4CCOCC4)cc3)nc3sc(C(N)=O)c(N)c23)n1. The molecule has 1 amide bonds. The number of thiophene rings is 1. The van der Waals surface area contributed by atoms with Crippen LogP contribution in [0.4, 0.5) is 5.69 Å². The Morgan fingerprint density at radius 1 is 1.08 bits per heavy atom. The molecule has 0 unspecified atom stereocenters. The minimum atomic E-state index is -0.613. The number of rotatable bonds is 9. The van der Waals surface area contributed by atoms with Crippen LogP contribution in [0.15, 0.2) is 42.5 Å². The quantitative estimate of drug-likeness (QED) is 0.341. The van der Waals surface area contributed by atoms with Crippen LogP contribution in [0.25, 0.3) is 21.6 Å². The van der Waals surface area contributed by atoms with Crippen LogP contribution in [0.1, 0.15) is 20.9 Å². The van der Waals surface area contributed by atoms with Crippen molar-refractivity contribution >= 4 is 33.1 Å². The maximum absolute atomic E-state index is 11.9. The lowest BCUT2D eigenvalue weighted by atomic mass is 10.1. The Bertz CT molecular complexity index is 1400. The van der Waals surface area contributed by atoms with Crippen molar-refractivity contribution in [2.75, 3.05) is 45.2 Å². The standard InChI is InChI=1S/C26H28N6O4S/c1-16-3-2-4-19(29-16)22-20-21(27)23(24(28)33)37-25(20)31-26(30-22)36-15-17-5-7-18(8-6-17)35-14-11-32-9-12-34-13-10-32/h2-8H,9-15,27H2,1H3,(H2,28,33). The molecule has 0 bridgehead atoms. The fraction of sp³-hybridized carbons (Fsp3) is 0.308. The number of carbonyl (C=O) groups is 1. The van der Waals surface area contributed by atoms with Gasteiger partial charge >= 0.3 is 6.01 Å². The van der Waals surface area contributed by atoms with Gasteiger partial charge in [-0.2, -0.15) is 9.97 Å². The number of aromatic nitrogens is 3. The third-order valence-electron chi connectivity index (χ3n) is 5.99. The molecule has 1 aliphatic rings. The summed E-state index contributed by atoms with van der Waals surface area (Å²) in [5.74, 6) is 0.189. The van der Waals surface area contributed by atoms with Gasteiger partial charge in [0.2, 0.25) is 0 Å². The average molecular weight is 521 g/mol. The minimum Gasteiger partial charge on any atom is -0.492 e. The van der Waals surface area contributed by atoms with Gasteiger partial charge in [-0.15, -0.1) is 11.3 Å². The van der Waals surface area contributed by atoms with Crippen molar-refractivity contribution in [2.45, 2.75) is 13.5 Å². The van der Waals surface area contributed by atoms with Gasteiger partial charge in [-0.1, -0.05) is 18.2 Å². The number of amides is 1. The van der Waals surface area contributed by atoms with Gasteiger partial charge in [0.05, 0.1) is 30.0 Å². The van der Waals surface area contributed by atoms with Gasteiger partial charge in [-0.05, 0) is 36.8 Å². The number of anilines is 1. The second-order valence-corrected chi connectivity index (χ2v) is 9.64. The van der Waals surface area contributed by atoms with Crippen molar-refractivity contribution in [1.29, 1.82) is 0 Å². The number of fused-ring (bicyclic) bond motifs is 1. The molecule has 0 saturated carbocycles. The molecule has 0 atom stereocenters. The van der Waals surface area contributed by atoms with Gasteiger partial charge in [0.1, 0.15) is 34.4 Å². The number of morpholine rings is 1. The largest absolute Gasteiger partial charge is 0.492 e. The fourth-order valence-electron chi connectivity index (χ4n) is 4.06. The summed E-state index contributed by atoms with van der Waals surface area (Å²) in [5.41, 5.74) is 14.9. The second-order valence-electron chi connectivity index (χ2n) is 8.64. The number of carbonyl (C=O) groups excluding carboxylic acids is 1. The Morgan fingerprint density at radius 2 is 1.86 bits per heavy atom. The lowest BCUT2D eigenvalue weighted by Crippen LogP contribution is -2.38. The number of primary amides is 1. The number of nitrogens with zero attached hydrogens (tertiary/aromatic N) is 4. The molecule has 5 rings (SSSR count). The highest BCUT2D eigenvalue weighted by atomic mass is 32.1. The summed E-state index contributed by atoms with van der Waals surface area (Å²) in [6, 6.07) is 13.5. The van der Waals surface area contributed by atoms with Crippen molar-refractivity contribution < 1.29 is 19.0 Å². The summed E-state index contributed by atoms with van der Waals surface area (Å²) in [6.45, 7) is 7.08. The molecule has 4 heterocycles. The van der Waals surface area contributed by atoms with E-state index in [1.807, 2.05) is 49.4 Å². The Morgan fingerprint density at radius 3 is 2.59 bits per heavy atom. The number of pyridine rings is 1. The molecular formula is C26H28N6O4S. The van der Waals surface area contributed by atoms with Crippen LogP contribution in [-0.2, 0) is 11.3 Å². The summed E-state index contributed by atoms with van der Waals surface area (Å²) in [5, 5.41) is 0.544. The molecule has 11 heteroatoms. The van der Waals surface area contributed by atoms with Crippen LogP contribution >= 0.6 is 11.3 Å². The summed E-state index contributed by atoms with van der Waals surface area (Å²) >= 11 is 1.12.